The molecule has 0 aromatic heterocycles. The van der Waals surface area contributed by atoms with Crippen molar-refractivity contribution >= 4 is 52.5 Å². The molecule has 0 heterocycles. The van der Waals surface area contributed by atoms with E-state index in [0.717, 1.165) is 0 Å². The fourth-order valence-corrected chi connectivity index (χ4v) is 0. The Morgan fingerprint density at radius 1 is 1.11 bits per heavy atom. The van der Waals surface area contributed by atoms with Crippen LogP contribution < -0.4 is 0 Å². The third-order valence-corrected chi connectivity index (χ3v) is 0. The Labute approximate surface area is 105 Å². The SMILES string of the molecule is O=P(O)(O)O.[Fe].[InH3].[LiH].[Mn]. The Hall–Kier alpha value is 2.62. The molecule has 0 aromatic carbocycles. The smallest absolute Gasteiger partial charge is 0 e. The summed E-state index contributed by atoms with van der Waals surface area (Å²) in [7, 11) is -4.64. The molecule has 0 amide bonds. The van der Waals surface area contributed by atoms with Crippen molar-refractivity contribution in [3.05, 3.63) is 0 Å². The van der Waals surface area contributed by atoms with Gasteiger partial charge in [-0.1, -0.05) is 0 Å². The molecule has 4 nitrogen and oxygen atoms in total. The van der Waals surface area contributed by atoms with Crippen molar-refractivity contribution in [2.45, 2.75) is 0 Å². The van der Waals surface area contributed by atoms with Crippen molar-refractivity contribution in [1.82, 2.24) is 0 Å². The first-order chi connectivity index (χ1) is 2.00. The Bertz CT molecular complexity index is 66.7. The second-order valence-corrected chi connectivity index (χ2v) is 1.54. The van der Waals surface area contributed by atoms with Crippen LogP contribution in [0.3, 0.4) is 0 Å². The quantitative estimate of drug-likeness (QED) is 0.331. The van der Waals surface area contributed by atoms with Crippen molar-refractivity contribution in [3.8, 4) is 0 Å². The summed E-state index contributed by atoms with van der Waals surface area (Å²) in [4.78, 5) is 21.6. The fraction of sp³-hybridized carbons (Fsp3) is 0. The normalized spacial score (nSPS) is 6.56. The summed E-state index contributed by atoms with van der Waals surface area (Å²) >= 11 is 0. The Kier molecular flexibility index (Phi) is 43.9. The average molecular weight is 335 g/mol. The Balaban J connectivity index is -0.0000000133. The van der Waals surface area contributed by atoms with Crippen LogP contribution in [0.25, 0.3) is 0 Å². The van der Waals surface area contributed by atoms with E-state index in [1.165, 1.54) is 0 Å². The second kappa shape index (κ2) is 13.2. The topological polar surface area (TPSA) is 77.8 Å². The second-order valence-electron chi connectivity index (χ2n) is 0.513. The number of phosphoric acid groups is 1. The van der Waals surface area contributed by atoms with E-state index in [2.05, 4.69) is 0 Å². The van der Waals surface area contributed by atoms with Gasteiger partial charge < -0.3 is 14.7 Å². The molecule has 0 aliphatic heterocycles. The molecule has 9 heteroatoms. The van der Waals surface area contributed by atoms with Crippen molar-refractivity contribution in [1.29, 1.82) is 0 Å². The standard InChI is InChI=1S/Fe.In.Li.Mn.H3O4P.4H/c;;;;1-5(2,3)4;;;;/h;;;;(H3,1,2,3,4);;;;. The molecule has 55 valence electrons. The molecule has 9 heavy (non-hydrogen) atoms. The molecule has 0 spiro atoms. The molecular weight excluding hydrogens is 328 g/mol. The molecule has 0 aliphatic carbocycles. The zero-order valence-electron chi connectivity index (χ0n) is 2.93. The van der Waals surface area contributed by atoms with Gasteiger partial charge in [0.05, 0.1) is 0 Å². The van der Waals surface area contributed by atoms with Crippen molar-refractivity contribution in [3.63, 3.8) is 0 Å². The van der Waals surface area contributed by atoms with E-state index >= 15 is 0 Å². The van der Waals surface area contributed by atoms with Gasteiger partial charge >= 0.3 is 52.5 Å². The summed E-state index contributed by atoms with van der Waals surface area (Å²) in [5.41, 5.74) is 0. The van der Waals surface area contributed by atoms with Gasteiger partial charge in [-0.2, -0.15) is 0 Å². The third-order valence-electron chi connectivity index (χ3n) is 0. The molecule has 0 saturated heterocycles. The van der Waals surface area contributed by atoms with Crippen LogP contribution >= 0.6 is 7.82 Å². The van der Waals surface area contributed by atoms with E-state index in [1.54, 1.807) is 0 Å². The molecule has 0 rings (SSSR count). The average Bonchev–Trinajstić information content (AvgIpc) is 0.722. The maximum atomic E-state index is 8.88. The van der Waals surface area contributed by atoms with E-state index in [1.807, 2.05) is 0 Å². The minimum absolute atomic E-state index is 0. The first-order valence-electron chi connectivity index (χ1n) is 0.783. The maximum absolute atomic E-state index is 8.88. The van der Waals surface area contributed by atoms with Crippen LogP contribution in [-0.2, 0) is 38.7 Å². The van der Waals surface area contributed by atoms with E-state index in [4.69, 9.17) is 19.2 Å². The zero-order chi connectivity index (χ0) is 4.50. The molecule has 0 aliphatic rings. The summed E-state index contributed by atoms with van der Waals surface area (Å²) in [5, 5.41) is 0. The third kappa shape index (κ3) is 115. The van der Waals surface area contributed by atoms with E-state index in [-0.39, 0.29) is 78.8 Å². The van der Waals surface area contributed by atoms with Crippen molar-refractivity contribution in [2.75, 3.05) is 0 Å². The maximum Gasteiger partial charge on any atom is 0 e. The van der Waals surface area contributed by atoms with Crippen LogP contribution in [-0.4, -0.2) is 59.4 Å². The summed E-state index contributed by atoms with van der Waals surface area (Å²) < 4.78 is 8.88. The molecule has 0 unspecified atom stereocenters. The first-order valence-corrected chi connectivity index (χ1v) is 2.35. The zero-order valence-corrected chi connectivity index (χ0v) is 6.11. The van der Waals surface area contributed by atoms with Gasteiger partial charge in [0.1, 0.15) is 0 Å². The van der Waals surface area contributed by atoms with E-state index in [0.29, 0.717) is 0 Å². The predicted octanol–water partition coefficient (Wildman–Crippen LogP) is -2.77. The van der Waals surface area contributed by atoms with Crippen LogP contribution in [0.4, 0.5) is 0 Å². The van der Waals surface area contributed by atoms with Gasteiger partial charge in [-0.3, -0.25) is 0 Å². The molecule has 0 bridgehead atoms. The number of hydrogen-bond donors (Lipinski definition) is 3. The van der Waals surface area contributed by atoms with Crippen LogP contribution in [0.1, 0.15) is 0 Å². The molecule has 1 radical (unpaired) electrons. The number of hydrogen-bond acceptors (Lipinski definition) is 1. The van der Waals surface area contributed by atoms with Crippen molar-refractivity contribution < 1.29 is 53.4 Å². The van der Waals surface area contributed by atoms with Crippen LogP contribution in [0, 0.1) is 0 Å². The largest absolute Gasteiger partial charge is 0 e. The molecular formula is H7FeInLiMnO4P. The molecule has 3 N–H and O–H groups in total. The van der Waals surface area contributed by atoms with Crippen LogP contribution in [0.2, 0.25) is 0 Å². The minimum atomic E-state index is -4.64. The minimum Gasteiger partial charge on any atom is 0 e. The van der Waals surface area contributed by atoms with Gasteiger partial charge in [-0.15, -0.1) is 0 Å². The van der Waals surface area contributed by atoms with Gasteiger partial charge in [0.2, 0.25) is 0 Å². The summed E-state index contributed by atoms with van der Waals surface area (Å²) in [6.07, 6.45) is 0. The van der Waals surface area contributed by atoms with Gasteiger partial charge in [-0.25, -0.2) is 4.57 Å². The van der Waals surface area contributed by atoms with Crippen LogP contribution in [0.5, 0.6) is 0 Å². The van der Waals surface area contributed by atoms with Crippen molar-refractivity contribution in [2.24, 2.45) is 0 Å². The molecule has 0 saturated carbocycles. The van der Waals surface area contributed by atoms with Gasteiger partial charge in [0, 0.05) is 34.1 Å². The van der Waals surface area contributed by atoms with E-state index in [9.17, 15) is 0 Å². The Morgan fingerprint density at radius 3 is 1.11 bits per heavy atom. The first kappa shape index (κ1) is 29.9. The van der Waals surface area contributed by atoms with Gasteiger partial charge in [0.25, 0.3) is 0 Å². The van der Waals surface area contributed by atoms with Gasteiger partial charge in [-0.05, 0) is 0 Å². The van der Waals surface area contributed by atoms with E-state index < -0.39 is 7.82 Å². The van der Waals surface area contributed by atoms with Crippen LogP contribution in [0.15, 0.2) is 0 Å². The summed E-state index contributed by atoms with van der Waals surface area (Å²) in [5.74, 6) is 0. The molecule has 0 fully saturated rings. The summed E-state index contributed by atoms with van der Waals surface area (Å²) in [6.45, 7) is 0. The molecule has 0 aromatic rings. The molecule has 0 atom stereocenters. The monoisotopic (exact) mass is 335 g/mol. The van der Waals surface area contributed by atoms with Gasteiger partial charge in [0.15, 0.2) is 0 Å². The number of rotatable bonds is 0. The summed E-state index contributed by atoms with van der Waals surface area (Å²) in [6, 6.07) is 0. The fourth-order valence-electron chi connectivity index (χ4n) is 0. The Morgan fingerprint density at radius 2 is 1.11 bits per heavy atom. The predicted molar refractivity (Wildman–Crippen MR) is 31.4 cm³/mol.